The van der Waals surface area contributed by atoms with Gasteiger partial charge >= 0.3 is 5.97 Å². The van der Waals surface area contributed by atoms with Gasteiger partial charge in [-0.1, -0.05) is 12.1 Å². The van der Waals surface area contributed by atoms with Gasteiger partial charge in [0.15, 0.2) is 11.5 Å². The second kappa shape index (κ2) is 9.23. The Morgan fingerprint density at radius 1 is 1.08 bits per heavy atom. The van der Waals surface area contributed by atoms with Crippen LogP contribution in [0.3, 0.4) is 0 Å². The first-order valence-electron chi connectivity index (χ1n) is 12.2. The summed E-state index contributed by atoms with van der Waals surface area (Å²) in [6, 6.07) is 10.5. The van der Waals surface area contributed by atoms with E-state index in [9.17, 15) is 4.79 Å². The van der Waals surface area contributed by atoms with E-state index in [1.807, 2.05) is 17.9 Å². The van der Waals surface area contributed by atoms with Crippen LogP contribution >= 0.6 is 0 Å². The predicted molar refractivity (Wildman–Crippen MR) is 138 cm³/mol. The van der Waals surface area contributed by atoms with E-state index in [2.05, 4.69) is 50.5 Å². The number of carbonyl (C=O) groups is 1. The van der Waals surface area contributed by atoms with Crippen molar-refractivity contribution in [3.63, 3.8) is 0 Å². The number of nitrogens with zero attached hydrogens (tertiary/aromatic N) is 5. The highest BCUT2D eigenvalue weighted by atomic mass is 16.5. The van der Waals surface area contributed by atoms with Crippen LogP contribution in [0.2, 0.25) is 0 Å². The third kappa shape index (κ3) is 3.95. The minimum absolute atomic E-state index is 0.146. The third-order valence-electron chi connectivity index (χ3n) is 6.91. The van der Waals surface area contributed by atoms with Crippen molar-refractivity contribution in [2.45, 2.75) is 18.8 Å². The fraction of sp³-hybridized carbons (Fsp3) is 0.333. The van der Waals surface area contributed by atoms with Crippen molar-refractivity contribution in [2.75, 3.05) is 43.6 Å². The monoisotopic (exact) mass is 484 g/mol. The Labute approximate surface area is 209 Å². The molecule has 36 heavy (non-hydrogen) atoms. The normalized spacial score (nSPS) is 15.8. The number of hydrogen-bond acceptors (Lipinski definition) is 8. The zero-order chi connectivity index (χ0) is 24.6. The standard InChI is InChI=1S/C27H28N6O3/c1-32-16-30-24-18(4-3-5-21(24)32)23-19(31-26-25(27(34)35-2)28-10-11-29-26)8-9-20(22(23)17-6-7-17)33-12-14-36-15-13-33/h3-5,8-11,16-17H,6-7,12-15H2,1-2H3,(H,29,31). The van der Waals surface area contributed by atoms with Crippen molar-refractivity contribution < 1.29 is 14.3 Å². The van der Waals surface area contributed by atoms with Crippen molar-refractivity contribution in [3.05, 3.63) is 60.3 Å². The molecule has 184 valence electrons. The summed E-state index contributed by atoms with van der Waals surface area (Å²) in [5, 5.41) is 3.43. The molecule has 0 atom stereocenters. The van der Waals surface area contributed by atoms with Gasteiger partial charge in [-0.15, -0.1) is 0 Å². The molecule has 9 nitrogen and oxygen atoms in total. The number of carbonyl (C=O) groups excluding carboxylic acids is 1. The van der Waals surface area contributed by atoms with E-state index in [4.69, 9.17) is 14.5 Å². The number of imidazole rings is 1. The molecule has 1 saturated carbocycles. The number of anilines is 3. The first-order chi connectivity index (χ1) is 17.7. The van der Waals surface area contributed by atoms with E-state index in [-0.39, 0.29) is 5.69 Å². The zero-order valence-electron chi connectivity index (χ0n) is 20.4. The number of methoxy groups -OCH3 is 1. The average molecular weight is 485 g/mol. The van der Waals surface area contributed by atoms with Gasteiger partial charge in [0.05, 0.1) is 37.7 Å². The van der Waals surface area contributed by atoms with Crippen LogP contribution in [0.4, 0.5) is 17.2 Å². The largest absolute Gasteiger partial charge is 0.464 e. The molecule has 4 aromatic rings. The van der Waals surface area contributed by atoms with Gasteiger partial charge in [-0.25, -0.2) is 19.7 Å². The van der Waals surface area contributed by atoms with Crippen molar-refractivity contribution in [1.29, 1.82) is 0 Å². The molecule has 6 rings (SSSR count). The average Bonchev–Trinajstić information content (AvgIpc) is 3.70. The highest BCUT2D eigenvalue weighted by Crippen LogP contribution is 2.52. The number of rotatable bonds is 6. The molecule has 1 aliphatic carbocycles. The molecule has 1 aliphatic heterocycles. The van der Waals surface area contributed by atoms with Crippen molar-refractivity contribution >= 4 is 34.2 Å². The summed E-state index contributed by atoms with van der Waals surface area (Å²) < 4.78 is 12.6. The van der Waals surface area contributed by atoms with Crippen LogP contribution in [0.5, 0.6) is 0 Å². The van der Waals surface area contributed by atoms with Crippen molar-refractivity contribution in [2.24, 2.45) is 7.05 Å². The molecular weight excluding hydrogens is 456 g/mol. The molecule has 0 radical (unpaired) electrons. The number of fused-ring (bicyclic) bond motifs is 1. The molecule has 0 spiro atoms. The zero-order valence-corrected chi connectivity index (χ0v) is 20.4. The number of aromatic nitrogens is 4. The van der Waals surface area contributed by atoms with Crippen LogP contribution in [0.15, 0.2) is 49.1 Å². The second-order valence-corrected chi connectivity index (χ2v) is 9.19. The van der Waals surface area contributed by atoms with Gasteiger partial charge in [0.2, 0.25) is 0 Å². The summed E-state index contributed by atoms with van der Waals surface area (Å²) in [6.07, 6.45) is 7.19. The van der Waals surface area contributed by atoms with Crippen molar-refractivity contribution in [3.8, 4) is 11.1 Å². The first kappa shape index (κ1) is 22.5. The van der Waals surface area contributed by atoms with Gasteiger partial charge in [-0.05, 0) is 42.5 Å². The Morgan fingerprint density at radius 2 is 1.89 bits per heavy atom. The summed E-state index contributed by atoms with van der Waals surface area (Å²) >= 11 is 0. The minimum atomic E-state index is -0.536. The van der Waals surface area contributed by atoms with Crippen LogP contribution in [0.25, 0.3) is 22.2 Å². The van der Waals surface area contributed by atoms with Crippen LogP contribution in [-0.2, 0) is 16.5 Å². The second-order valence-electron chi connectivity index (χ2n) is 9.19. The lowest BCUT2D eigenvalue weighted by molar-refractivity contribution is 0.0595. The van der Waals surface area contributed by atoms with Crippen LogP contribution in [0.1, 0.15) is 34.8 Å². The van der Waals surface area contributed by atoms with Crippen molar-refractivity contribution in [1.82, 2.24) is 19.5 Å². The molecule has 1 saturated heterocycles. The van der Waals surface area contributed by atoms with Gasteiger partial charge < -0.3 is 24.3 Å². The number of hydrogen-bond donors (Lipinski definition) is 1. The fourth-order valence-electron chi connectivity index (χ4n) is 5.03. The van der Waals surface area contributed by atoms with E-state index >= 15 is 0 Å². The van der Waals surface area contributed by atoms with Gasteiger partial charge in [-0.2, -0.15) is 0 Å². The van der Waals surface area contributed by atoms with Gasteiger partial charge in [0.1, 0.15) is 0 Å². The lowest BCUT2D eigenvalue weighted by Gasteiger charge is -2.32. The van der Waals surface area contributed by atoms with E-state index in [1.54, 1.807) is 6.20 Å². The maximum Gasteiger partial charge on any atom is 0.360 e. The molecule has 2 aliphatic rings. The molecule has 2 aromatic carbocycles. The highest BCUT2D eigenvalue weighted by Gasteiger charge is 2.33. The summed E-state index contributed by atoms with van der Waals surface area (Å²) in [5.74, 6) is 0.284. The third-order valence-corrected chi connectivity index (χ3v) is 6.91. The predicted octanol–water partition coefficient (Wildman–Crippen LogP) is 4.27. The molecule has 9 heteroatoms. The quantitative estimate of drug-likeness (QED) is 0.406. The van der Waals surface area contributed by atoms with E-state index < -0.39 is 5.97 Å². The Kier molecular flexibility index (Phi) is 5.77. The number of nitrogens with one attached hydrogen (secondary N) is 1. The van der Waals surface area contributed by atoms with Gasteiger partial charge in [-0.3, -0.25) is 0 Å². The van der Waals surface area contributed by atoms with E-state index in [0.717, 1.165) is 67.0 Å². The molecule has 0 unspecified atom stereocenters. The lowest BCUT2D eigenvalue weighted by atomic mass is 9.91. The van der Waals surface area contributed by atoms with E-state index in [0.29, 0.717) is 11.7 Å². The summed E-state index contributed by atoms with van der Waals surface area (Å²) in [4.78, 5) is 28.2. The molecule has 2 aromatic heterocycles. The summed E-state index contributed by atoms with van der Waals surface area (Å²) in [5.41, 5.74) is 7.70. The number of para-hydroxylation sites is 1. The maximum atomic E-state index is 12.4. The Balaban J connectivity index is 1.58. The van der Waals surface area contributed by atoms with E-state index in [1.165, 1.54) is 24.6 Å². The van der Waals surface area contributed by atoms with Crippen LogP contribution in [0, 0.1) is 0 Å². The van der Waals surface area contributed by atoms with Crippen LogP contribution < -0.4 is 10.2 Å². The number of morpholine rings is 1. The summed E-state index contributed by atoms with van der Waals surface area (Å²) in [6.45, 7) is 3.15. The molecule has 2 fully saturated rings. The number of benzene rings is 2. The summed E-state index contributed by atoms with van der Waals surface area (Å²) in [7, 11) is 3.35. The Hall–Kier alpha value is -3.98. The Bertz CT molecular complexity index is 1440. The lowest BCUT2D eigenvalue weighted by Crippen LogP contribution is -2.36. The highest BCUT2D eigenvalue weighted by molar-refractivity contribution is 6.01. The number of aryl methyl sites for hydroxylation is 1. The molecular formula is C27H28N6O3. The minimum Gasteiger partial charge on any atom is -0.464 e. The molecule has 3 heterocycles. The van der Waals surface area contributed by atoms with Crippen LogP contribution in [-0.4, -0.2) is 58.9 Å². The fourth-order valence-corrected chi connectivity index (χ4v) is 5.03. The maximum absolute atomic E-state index is 12.4. The number of ether oxygens (including phenoxy) is 2. The molecule has 1 N–H and O–H groups in total. The topological polar surface area (TPSA) is 94.4 Å². The first-order valence-corrected chi connectivity index (χ1v) is 12.2. The van der Waals surface area contributed by atoms with Gasteiger partial charge in [0, 0.05) is 55.0 Å². The Morgan fingerprint density at radius 3 is 2.67 bits per heavy atom. The smallest absolute Gasteiger partial charge is 0.360 e. The number of esters is 1. The SMILES string of the molecule is COC(=O)c1nccnc1Nc1ccc(N2CCOCC2)c(C2CC2)c1-c1cccc2c1ncn2C. The van der Waals surface area contributed by atoms with Gasteiger partial charge in [0.25, 0.3) is 0 Å². The molecule has 0 bridgehead atoms. The molecule has 0 amide bonds.